The fourth-order valence-electron chi connectivity index (χ4n) is 3.94. The van der Waals surface area contributed by atoms with E-state index in [2.05, 4.69) is 38.6 Å². The van der Waals surface area contributed by atoms with Gasteiger partial charge in [0.1, 0.15) is 18.1 Å². The number of rotatable bonds is 17. The third-order valence-electron chi connectivity index (χ3n) is 6.15. The predicted molar refractivity (Wildman–Crippen MR) is 156 cm³/mol. The number of guanidine groups is 1. The van der Waals surface area contributed by atoms with Crippen molar-refractivity contribution in [2.75, 3.05) is 12.3 Å². The lowest BCUT2D eigenvalue weighted by Crippen LogP contribution is -2.58. The number of carbonyl (C=O) groups is 5. The number of carbonyl (C=O) groups excluding carboxylic acids is 4. The van der Waals surface area contributed by atoms with Crippen molar-refractivity contribution in [2.45, 2.75) is 56.3 Å². The summed E-state index contributed by atoms with van der Waals surface area (Å²) in [6.45, 7) is 0.172. The van der Waals surface area contributed by atoms with Crippen LogP contribution in [0.2, 0.25) is 0 Å². The molecule has 0 saturated carbocycles. The summed E-state index contributed by atoms with van der Waals surface area (Å²) in [5.41, 5.74) is 23.1. The molecule has 16 heteroatoms. The zero-order valence-electron chi connectivity index (χ0n) is 22.3. The Morgan fingerprint density at radius 2 is 1.56 bits per heavy atom. The molecule has 0 radical (unpaired) electrons. The Balaban J connectivity index is 2.17. The second kappa shape index (κ2) is 16.1. The Morgan fingerprint density at radius 3 is 2.20 bits per heavy atom. The fraction of sp³-hybridized carbons (Fsp3) is 0.440. The van der Waals surface area contributed by atoms with Gasteiger partial charge < -0.3 is 49.0 Å². The van der Waals surface area contributed by atoms with Crippen LogP contribution in [0.15, 0.2) is 35.5 Å². The van der Waals surface area contributed by atoms with E-state index in [1.54, 1.807) is 6.20 Å². The number of aromatic nitrogens is 1. The molecule has 0 saturated heterocycles. The van der Waals surface area contributed by atoms with E-state index in [4.69, 9.17) is 22.9 Å². The normalized spacial score (nSPS) is 13.8. The molecular weight excluding hydrogens is 554 g/mol. The Bertz CT molecular complexity index is 1260. The highest BCUT2D eigenvalue weighted by atomic mass is 32.1. The van der Waals surface area contributed by atoms with Gasteiger partial charge >= 0.3 is 5.97 Å². The van der Waals surface area contributed by atoms with Crippen LogP contribution in [-0.2, 0) is 30.4 Å². The summed E-state index contributed by atoms with van der Waals surface area (Å²) in [5, 5.41) is 17.9. The quantitative estimate of drug-likeness (QED) is 0.0414. The third kappa shape index (κ3) is 10.6. The van der Waals surface area contributed by atoms with Crippen LogP contribution in [0.4, 0.5) is 0 Å². The minimum Gasteiger partial charge on any atom is -0.480 e. The van der Waals surface area contributed by atoms with Crippen LogP contribution in [0.5, 0.6) is 0 Å². The van der Waals surface area contributed by atoms with Crippen molar-refractivity contribution >= 4 is 59.1 Å². The molecule has 1 aromatic heterocycles. The molecule has 4 unspecified atom stereocenters. The number of nitrogens with one attached hydrogen (secondary N) is 4. The summed E-state index contributed by atoms with van der Waals surface area (Å²) < 4.78 is 0. The van der Waals surface area contributed by atoms with Gasteiger partial charge in [-0.2, -0.15) is 12.6 Å². The number of carboxylic acid groups (broad SMARTS) is 1. The molecule has 2 rings (SSSR count). The zero-order chi connectivity index (χ0) is 30.5. The van der Waals surface area contributed by atoms with E-state index >= 15 is 0 Å². The van der Waals surface area contributed by atoms with Gasteiger partial charge in [0.15, 0.2) is 5.96 Å². The molecule has 0 spiro atoms. The third-order valence-corrected chi connectivity index (χ3v) is 6.51. The van der Waals surface area contributed by atoms with Crippen molar-refractivity contribution in [1.82, 2.24) is 20.9 Å². The first-order valence-corrected chi connectivity index (χ1v) is 13.4. The fourth-order valence-corrected chi connectivity index (χ4v) is 4.19. The Hall–Kier alpha value is -4.31. The number of nitrogens with two attached hydrogens (primary N) is 4. The summed E-state index contributed by atoms with van der Waals surface area (Å²) in [6.07, 6.45) is 1.91. The maximum atomic E-state index is 13.4. The van der Waals surface area contributed by atoms with Gasteiger partial charge in [0.05, 0.1) is 6.04 Å². The van der Waals surface area contributed by atoms with Crippen molar-refractivity contribution in [3.63, 3.8) is 0 Å². The van der Waals surface area contributed by atoms with Gasteiger partial charge in [-0.25, -0.2) is 4.79 Å². The minimum absolute atomic E-state index is 0.0238. The van der Waals surface area contributed by atoms with E-state index in [1.807, 2.05) is 24.3 Å². The number of H-pyrrole nitrogens is 1. The first kappa shape index (κ1) is 32.9. The van der Waals surface area contributed by atoms with Gasteiger partial charge in [0.25, 0.3) is 0 Å². The van der Waals surface area contributed by atoms with Crippen LogP contribution in [0.1, 0.15) is 31.2 Å². The van der Waals surface area contributed by atoms with Crippen LogP contribution in [-0.4, -0.2) is 82.1 Å². The number of thiol groups is 1. The van der Waals surface area contributed by atoms with Crippen molar-refractivity contribution < 1.29 is 29.1 Å². The monoisotopic (exact) mass is 591 g/mol. The molecule has 0 aliphatic carbocycles. The number of aliphatic imine (C=N–C) groups is 1. The Kier molecular flexibility index (Phi) is 12.9. The number of nitrogens with zero attached hydrogens (tertiary/aromatic N) is 1. The summed E-state index contributed by atoms with van der Waals surface area (Å²) in [5.74, 6) is -4.39. The number of benzene rings is 1. The predicted octanol–water partition coefficient (Wildman–Crippen LogP) is -2.17. The smallest absolute Gasteiger partial charge is 0.326 e. The molecule has 15 nitrogen and oxygen atoms in total. The van der Waals surface area contributed by atoms with E-state index in [-0.39, 0.29) is 50.4 Å². The second-order valence-electron chi connectivity index (χ2n) is 9.33. The van der Waals surface area contributed by atoms with Crippen LogP contribution >= 0.6 is 12.6 Å². The molecule has 0 aliphatic rings. The maximum absolute atomic E-state index is 13.4. The number of aromatic amines is 1. The van der Waals surface area contributed by atoms with Crippen LogP contribution in [0, 0.1) is 0 Å². The topological polar surface area (TPSA) is 274 Å². The van der Waals surface area contributed by atoms with Crippen molar-refractivity contribution in [2.24, 2.45) is 27.9 Å². The van der Waals surface area contributed by atoms with Gasteiger partial charge in [-0.3, -0.25) is 24.2 Å². The number of hydrogen-bond donors (Lipinski definition) is 10. The zero-order valence-corrected chi connectivity index (χ0v) is 23.2. The van der Waals surface area contributed by atoms with E-state index in [9.17, 15) is 29.1 Å². The summed E-state index contributed by atoms with van der Waals surface area (Å²) in [7, 11) is 0. The van der Waals surface area contributed by atoms with E-state index < -0.39 is 53.8 Å². The van der Waals surface area contributed by atoms with Gasteiger partial charge in [0, 0.05) is 42.2 Å². The molecule has 4 atom stereocenters. The van der Waals surface area contributed by atoms with Gasteiger partial charge in [-0.15, -0.1) is 0 Å². The summed E-state index contributed by atoms with van der Waals surface area (Å²) in [6, 6.07) is 2.59. The summed E-state index contributed by atoms with van der Waals surface area (Å²) >= 11 is 4.14. The molecule has 0 fully saturated rings. The van der Waals surface area contributed by atoms with Crippen LogP contribution in [0.3, 0.4) is 0 Å². The first-order valence-electron chi connectivity index (χ1n) is 12.8. The number of aliphatic carboxylic acids is 1. The lowest BCUT2D eigenvalue weighted by Gasteiger charge is -2.24. The van der Waals surface area contributed by atoms with E-state index in [0.717, 1.165) is 10.9 Å². The highest BCUT2D eigenvalue weighted by Crippen LogP contribution is 2.19. The highest BCUT2D eigenvalue weighted by molar-refractivity contribution is 7.80. The SMILES string of the molecule is NC(=O)CCC(N)C(=O)NC(Cc1c[nH]c2ccccc12)C(=O)NC(CS)C(=O)NC(CCCN=C(N)N)C(=O)O. The lowest BCUT2D eigenvalue weighted by molar-refractivity contribution is -0.142. The molecule has 41 heavy (non-hydrogen) atoms. The summed E-state index contributed by atoms with van der Waals surface area (Å²) in [4.78, 5) is 68.7. The molecule has 0 aliphatic heterocycles. The van der Waals surface area contributed by atoms with Crippen molar-refractivity contribution in [3.8, 4) is 0 Å². The lowest BCUT2D eigenvalue weighted by atomic mass is 10.0. The number of amides is 4. The van der Waals surface area contributed by atoms with Gasteiger partial charge in [0.2, 0.25) is 23.6 Å². The number of fused-ring (bicyclic) bond motifs is 1. The average molecular weight is 592 g/mol. The number of hydrogen-bond acceptors (Lipinski definition) is 8. The maximum Gasteiger partial charge on any atom is 0.326 e. The Morgan fingerprint density at radius 1 is 0.927 bits per heavy atom. The van der Waals surface area contributed by atoms with Crippen LogP contribution in [0.25, 0.3) is 10.9 Å². The molecule has 13 N–H and O–H groups in total. The van der Waals surface area contributed by atoms with Crippen molar-refractivity contribution in [3.05, 3.63) is 36.0 Å². The number of primary amides is 1. The number of carboxylic acids is 1. The molecule has 0 bridgehead atoms. The van der Waals surface area contributed by atoms with Crippen molar-refractivity contribution in [1.29, 1.82) is 0 Å². The molecule has 224 valence electrons. The number of para-hydroxylation sites is 1. The standard InChI is InChI=1S/C25H37N9O6S/c26-15(7-8-20(27)35)21(36)33-18(10-13-11-31-16-5-2-1-4-14(13)16)22(37)34-19(12-41)23(38)32-17(24(39)40)6-3-9-30-25(28)29/h1-2,4-5,11,15,17-19,31,41H,3,6-10,12,26H2,(H2,27,35)(H,32,38)(H,33,36)(H,34,37)(H,39,40)(H4,28,29,30). The second-order valence-corrected chi connectivity index (χ2v) is 9.69. The van der Waals surface area contributed by atoms with E-state index in [1.165, 1.54) is 0 Å². The minimum atomic E-state index is -1.28. The largest absolute Gasteiger partial charge is 0.480 e. The van der Waals surface area contributed by atoms with Crippen LogP contribution < -0.4 is 38.9 Å². The average Bonchev–Trinajstić information content (AvgIpc) is 3.33. The molecule has 1 aromatic carbocycles. The van der Waals surface area contributed by atoms with E-state index in [0.29, 0.717) is 5.56 Å². The molecule has 2 aromatic rings. The Labute approximate surface area is 241 Å². The highest BCUT2D eigenvalue weighted by Gasteiger charge is 2.30. The first-order chi connectivity index (χ1) is 19.4. The molecule has 1 heterocycles. The van der Waals surface area contributed by atoms with Gasteiger partial charge in [-0.1, -0.05) is 18.2 Å². The molecule has 4 amide bonds. The molecular formula is C25H37N9O6S. The van der Waals surface area contributed by atoms with Gasteiger partial charge in [-0.05, 0) is 30.9 Å².